The van der Waals surface area contributed by atoms with E-state index >= 15 is 0 Å². The molecule has 0 aromatic carbocycles. The first-order valence-electron chi connectivity index (χ1n) is 3.61. The van der Waals surface area contributed by atoms with Crippen LogP contribution in [0, 0.1) is 18.3 Å². The van der Waals surface area contributed by atoms with Crippen molar-refractivity contribution < 1.29 is 0 Å². The van der Waals surface area contributed by atoms with Gasteiger partial charge in [-0.15, -0.1) is 12.3 Å². The molecular formula is C7H12NPS3. The zero-order valence-corrected chi connectivity index (χ0v) is 10.5. The maximum atomic E-state index is 5.57. The van der Waals surface area contributed by atoms with Gasteiger partial charge in [-0.3, -0.25) is 4.67 Å². The van der Waals surface area contributed by atoms with E-state index in [1.54, 1.807) is 0 Å². The zero-order chi connectivity index (χ0) is 9.19. The zero-order valence-electron chi connectivity index (χ0n) is 7.19. The first-order chi connectivity index (χ1) is 5.58. The molecule has 1 nitrogen and oxygen atoms in total. The molecule has 1 fully saturated rings. The average Bonchev–Trinajstić information content (AvgIpc) is 2.06. The predicted octanol–water partition coefficient (Wildman–Crippen LogP) is 2.50. The molecule has 1 aliphatic rings. The molecule has 0 N–H and O–H groups in total. The van der Waals surface area contributed by atoms with Gasteiger partial charge in [0.05, 0.1) is 0 Å². The number of hydrogen-bond donors (Lipinski definition) is 0. The molecule has 0 aliphatic carbocycles. The summed E-state index contributed by atoms with van der Waals surface area (Å²) in [4.78, 5) is 0. The summed E-state index contributed by atoms with van der Waals surface area (Å²) < 4.78 is 0.853. The van der Waals surface area contributed by atoms with Gasteiger partial charge in [-0.1, -0.05) is 34.6 Å². The Kier molecular flexibility index (Phi) is 4.01. The highest BCUT2D eigenvalue weighted by Crippen LogP contribution is 2.73. The van der Waals surface area contributed by atoms with E-state index in [-0.39, 0.29) is 0 Å². The molecule has 0 atom stereocenters. The van der Waals surface area contributed by atoms with Crippen LogP contribution in [0.1, 0.15) is 0 Å². The SMILES string of the molecule is C#CC1CSP(=S)(N(C)C)SC1. The number of terminal acetylenes is 1. The third-order valence-electron chi connectivity index (χ3n) is 1.60. The Morgan fingerprint density at radius 1 is 1.50 bits per heavy atom. The summed E-state index contributed by atoms with van der Waals surface area (Å²) in [6.07, 6.45) is 5.36. The maximum Gasteiger partial charge on any atom is 0.120 e. The van der Waals surface area contributed by atoms with Gasteiger partial charge < -0.3 is 0 Å². The molecule has 0 bridgehead atoms. The van der Waals surface area contributed by atoms with Crippen LogP contribution < -0.4 is 0 Å². The summed E-state index contributed by atoms with van der Waals surface area (Å²) in [5.74, 6) is 5.30. The lowest BCUT2D eigenvalue weighted by molar-refractivity contribution is 0.695. The van der Waals surface area contributed by atoms with E-state index in [2.05, 4.69) is 24.7 Å². The van der Waals surface area contributed by atoms with Crippen molar-refractivity contribution in [1.29, 1.82) is 0 Å². The van der Waals surface area contributed by atoms with E-state index in [0.717, 1.165) is 11.5 Å². The molecule has 0 unspecified atom stereocenters. The lowest BCUT2D eigenvalue weighted by atomic mass is 10.2. The molecule has 0 amide bonds. The lowest BCUT2D eigenvalue weighted by Crippen LogP contribution is -2.13. The highest BCUT2D eigenvalue weighted by atomic mass is 33.2. The van der Waals surface area contributed by atoms with E-state index in [4.69, 9.17) is 18.2 Å². The van der Waals surface area contributed by atoms with Crippen LogP contribution in [0.15, 0.2) is 0 Å². The summed E-state index contributed by atoms with van der Waals surface area (Å²) in [7, 11) is 4.13. The molecule has 5 heteroatoms. The van der Waals surface area contributed by atoms with Crippen molar-refractivity contribution in [3.63, 3.8) is 0 Å². The minimum atomic E-state index is -1.33. The Labute approximate surface area is 87.6 Å². The van der Waals surface area contributed by atoms with Gasteiger partial charge in [-0.25, -0.2) is 0 Å². The van der Waals surface area contributed by atoms with Crippen molar-refractivity contribution in [2.75, 3.05) is 25.6 Å². The molecule has 1 saturated heterocycles. The van der Waals surface area contributed by atoms with Crippen LogP contribution in [-0.4, -0.2) is 30.3 Å². The van der Waals surface area contributed by atoms with E-state index in [1.165, 1.54) is 0 Å². The average molecular weight is 237 g/mol. The van der Waals surface area contributed by atoms with E-state index in [1.807, 2.05) is 22.8 Å². The quantitative estimate of drug-likeness (QED) is 0.509. The maximum absolute atomic E-state index is 5.57. The Morgan fingerprint density at radius 2 is 2.00 bits per heavy atom. The van der Waals surface area contributed by atoms with Gasteiger partial charge in [-0.05, 0) is 14.1 Å². The monoisotopic (exact) mass is 237 g/mol. The first-order valence-corrected chi connectivity index (χ1v) is 9.55. The van der Waals surface area contributed by atoms with Crippen LogP contribution in [0.5, 0.6) is 0 Å². The van der Waals surface area contributed by atoms with Crippen LogP contribution >= 0.6 is 27.4 Å². The molecule has 0 spiro atoms. The largest absolute Gasteiger partial charge is 0.265 e. The molecular weight excluding hydrogens is 225 g/mol. The topological polar surface area (TPSA) is 3.24 Å². The second-order valence-electron chi connectivity index (χ2n) is 2.77. The molecule has 12 heavy (non-hydrogen) atoms. The molecule has 0 radical (unpaired) electrons. The Balaban J connectivity index is 2.57. The van der Waals surface area contributed by atoms with E-state index in [0.29, 0.717) is 5.92 Å². The summed E-state index contributed by atoms with van der Waals surface area (Å²) >= 11 is 9.33. The minimum Gasteiger partial charge on any atom is -0.265 e. The molecule has 68 valence electrons. The highest BCUT2D eigenvalue weighted by Gasteiger charge is 2.28. The molecule has 1 aliphatic heterocycles. The highest BCUT2D eigenvalue weighted by molar-refractivity contribution is 9.00. The molecule has 1 heterocycles. The summed E-state index contributed by atoms with van der Waals surface area (Å²) in [6, 6.07) is 0. The van der Waals surface area contributed by atoms with Crippen molar-refractivity contribution in [2.45, 2.75) is 0 Å². The van der Waals surface area contributed by atoms with Gasteiger partial charge in [0.15, 0.2) is 0 Å². The first kappa shape index (κ1) is 10.9. The van der Waals surface area contributed by atoms with Crippen LogP contribution in [0.2, 0.25) is 0 Å². The Morgan fingerprint density at radius 3 is 2.33 bits per heavy atom. The lowest BCUT2D eigenvalue weighted by Gasteiger charge is -2.32. The van der Waals surface area contributed by atoms with Crippen molar-refractivity contribution in [3.05, 3.63) is 0 Å². The molecule has 0 aromatic rings. The second kappa shape index (κ2) is 4.39. The van der Waals surface area contributed by atoms with Crippen LogP contribution in [0.4, 0.5) is 0 Å². The van der Waals surface area contributed by atoms with Crippen LogP contribution in [0.25, 0.3) is 0 Å². The fourth-order valence-electron chi connectivity index (χ4n) is 0.781. The summed E-state index contributed by atoms with van der Waals surface area (Å²) in [5, 5.41) is 0. The molecule has 1 rings (SSSR count). The van der Waals surface area contributed by atoms with E-state index in [9.17, 15) is 0 Å². The smallest absolute Gasteiger partial charge is 0.120 e. The number of hydrogen-bond acceptors (Lipinski definition) is 3. The fraction of sp³-hybridized carbons (Fsp3) is 0.714. The van der Waals surface area contributed by atoms with Gasteiger partial charge in [0.1, 0.15) is 4.59 Å². The second-order valence-corrected chi connectivity index (χ2v) is 14.1. The third kappa shape index (κ3) is 2.43. The summed E-state index contributed by atoms with van der Waals surface area (Å²) in [5.41, 5.74) is 0. The molecule has 0 saturated carbocycles. The molecule has 0 aromatic heterocycles. The number of nitrogens with zero attached hydrogens (tertiary/aromatic N) is 1. The fourth-order valence-corrected chi connectivity index (χ4v) is 9.31. The summed E-state index contributed by atoms with van der Waals surface area (Å²) in [6.45, 7) is 0. The Hall–Kier alpha value is 0.870. The van der Waals surface area contributed by atoms with Crippen molar-refractivity contribution in [2.24, 2.45) is 5.92 Å². The normalized spacial score (nSPS) is 36.3. The van der Waals surface area contributed by atoms with E-state index < -0.39 is 4.59 Å². The van der Waals surface area contributed by atoms with Crippen molar-refractivity contribution >= 4 is 39.2 Å². The van der Waals surface area contributed by atoms with Crippen molar-refractivity contribution in [1.82, 2.24) is 4.67 Å². The van der Waals surface area contributed by atoms with Crippen LogP contribution in [-0.2, 0) is 11.8 Å². The minimum absolute atomic E-state index is 0.427. The van der Waals surface area contributed by atoms with Gasteiger partial charge in [0, 0.05) is 17.4 Å². The van der Waals surface area contributed by atoms with Gasteiger partial charge >= 0.3 is 0 Å². The van der Waals surface area contributed by atoms with Gasteiger partial charge in [-0.2, -0.15) is 0 Å². The Bertz CT molecular complexity index is 234. The van der Waals surface area contributed by atoms with Crippen LogP contribution in [0.3, 0.4) is 0 Å². The van der Waals surface area contributed by atoms with Gasteiger partial charge in [0.25, 0.3) is 0 Å². The predicted molar refractivity (Wildman–Crippen MR) is 65.2 cm³/mol. The van der Waals surface area contributed by atoms with Gasteiger partial charge in [0.2, 0.25) is 0 Å². The third-order valence-corrected chi connectivity index (χ3v) is 13.9. The number of rotatable bonds is 1. The standard InChI is InChI=1S/C7H12NPS3/c1-4-7-5-11-9(10,8(2)3)12-6-7/h1,7H,5-6H2,2-3H3. The van der Waals surface area contributed by atoms with Crippen molar-refractivity contribution in [3.8, 4) is 12.3 Å².